The number of amides is 2. The highest BCUT2D eigenvalue weighted by Gasteiger charge is 2.15. The summed E-state index contributed by atoms with van der Waals surface area (Å²) in [4.78, 5) is 13.3. The van der Waals surface area contributed by atoms with Crippen LogP contribution in [0.25, 0.3) is 0 Å². The average molecular weight is 307 g/mol. The summed E-state index contributed by atoms with van der Waals surface area (Å²) in [5.41, 5.74) is 1.75. The summed E-state index contributed by atoms with van der Waals surface area (Å²) in [6.45, 7) is 6.26. The Morgan fingerprint density at radius 2 is 2.29 bits per heavy atom. The number of urea groups is 1. The quantitative estimate of drug-likeness (QED) is 0.855. The summed E-state index contributed by atoms with van der Waals surface area (Å²) in [6, 6.07) is 3.97. The van der Waals surface area contributed by atoms with E-state index in [-0.39, 0.29) is 12.1 Å². The zero-order valence-corrected chi connectivity index (χ0v) is 13.4. The Labute approximate surface area is 128 Å². The number of thiophene rings is 1. The summed E-state index contributed by atoms with van der Waals surface area (Å²) < 4.78 is 5.09. The maximum absolute atomic E-state index is 12.1. The minimum absolute atomic E-state index is 0.0691. The number of carbonyl (C=O) groups is 1. The summed E-state index contributed by atoms with van der Waals surface area (Å²) in [7, 11) is 0. The minimum Gasteiger partial charge on any atom is -0.361 e. The lowest BCUT2D eigenvalue weighted by Crippen LogP contribution is -2.37. The number of aromatic nitrogens is 1. The Bertz CT molecular complexity index is 558. The molecule has 114 valence electrons. The number of aryl methyl sites for hydroxylation is 2. The van der Waals surface area contributed by atoms with Crippen molar-refractivity contribution in [1.82, 2.24) is 15.8 Å². The van der Waals surface area contributed by atoms with Gasteiger partial charge in [0.05, 0.1) is 11.7 Å². The number of nitrogens with one attached hydrogen (secondary N) is 2. The van der Waals surface area contributed by atoms with Gasteiger partial charge in [0.1, 0.15) is 5.76 Å². The van der Waals surface area contributed by atoms with Crippen LogP contribution in [0.15, 0.2) is 22.0 Å². The predicted molar refractivity (Wildman–Crippen MR) is 83.3 cm³/mol. The van der Waals surface area contributed by atoms with Crippen molar-refractivity contribution >= 4 is 17.4 Å². The SMILES string of the molecule is CCCC(NC(=O)NCc1c(C)noc1C)c1cccs1. The molecule has 0 aliphatic heterocycles. The van der Waals surface area contributed by atoms with Gasteiger partial charge in [0.25, 0.3) is 0 Å². The third kappa shape index (κ3) is 4.07. The van der Waals surface area contributed by atoms with Crippen LogP contribution in [0.1, 0.15) is 47.7 Å². The lowest BCUT2D eigenvalue weighted by atomic mass is 10.1. The Kier molecular flexibility index (Phi) is 5.38. The minimum atomic E-state index is -0.165. The maximum atomic E-state index is 12.1. The van der Waals surface area contributed by atoms with Crippen molar-refractivity contribution in [3.8, 4) is 0 Å². The van der Waals surface area contributed by atoms with Crippen molar-refractivity contribution in [1.29, 1.82) is 0 Å². The van der Waals surface area contributed by atoms with Crippen LogP contribution in [0, 0.1) is 13.8 Å². The molecule has 0 fully saturated rings. The maximum Gasteiger partial charge on any atom is 0.315 e. The molecule has 0 aliphatic rings. The molecule has 2 amide bonds. The van der Waals surface area contributed by atoms with Gasteiger partial charge in [0.15, 0.2) is 0 Å². The molecule has 1 atom stereocenters. The lowest BCUT2D eigenvalue weighted by Gasteiger charge is -2.17. The molecular formula is C15H21N3O2S. The zero-order chi connectivity index (χ0) is 15.2. The van der Waals surface area contributed by atoms with Crippen molar-refractivity contribution in [2.45, 2.75) is 46.2 Å². The van der Waals surface area contributed by atoms with E-state index in [4.69, 9.17) is 4.52 Å². The Morgan fingerprint density at radius 3 is 2.86 bits per heavy atom. The molecule has 2 aromatic rings. The van der Waals surface area contributed by atoms with Gasteiger partial charge >= 0.3 is 6.03 Å². The van der Waals surface area contributed by atoms with Gasteiger partial charge < -0.3 is 15.2 Å². The molecule has 0 aliphatic carbocycles. The molecule has 0 saturated carbocycles. The van der Waals surface area contributed by atoms with E-state index in [9.17, 15) is 4.79 Å². The largest absolute Gasteiger partial charge is 0.361 e. The normalized spacial score (nSPS) is 12.1. The Morgan fingerprint density at radius 1 is 1.48 bits per heavy atom. The van der Waals surface area contributed by atoms with Gasteiger partial charge in [-0.2, -0.15) is 0 Å². The first kappa shape index (κ1) is 15.6. The van der Waals surface area contributed by atoms with E-state index in [0.29, 0.717) is 6.54 Å². The summed E-state index contributed by atoms with van der Waals surface area (Å²) in [6.07, 6.45) is 1.95. The first-order valence-corrected chi connectivity index (χ1v) is 7.99. The van der Waals surface area contributed by atoms with Crippen LogP contribution in [-0.4, -0.2) is 11.2 Å². The fourth-order valence-electron chi connectivity index (χ4n) is 2.20. The van der Waals surface area contributed by atoms with Crippen LogP contribution in [-0.2, 0) is 6.54 Å². The molecule has 2 aromatic heterocycles. The van der Waals surface area contributed by atoms with Gasteiger partial charge in [-0.3, -0.25) is 0 Å². The average Bonchev–Trinajstić information content (AvgIpc) is 3.08. The molecule has 0 aromatic carbocycles. The molecule has 0 radical (unpaired) electrons. The fraction of sp³-hybridized carbons (Fsp3) is 0.467. The van der Waals surface area contributed by atoms with Crippen LogP contribution < -0.4 is 10.6 Å². The predicted octanol–water partition coefficient (Wildman–Crippen LogP) is 3.69. The molecule has 0 bridgehead atoms. The highest BCUT2D eigenvalue weighted by Crippen LogP contribution is 2.23. The van der Waals surface area contributed by atoms with Crippen LogP contribution in [0.4, 0.5) is 4.79 Å². The van der Waals surface area contributed by atoms with E-state index in [0.717, 1.165) is 29.9 Å². The van der Waals surface area contributed by atoms with Crippen LogP contribution in [0.3, 0.4) is 0 Å². The number of hydrogen-bond acceptors (Lipinski definition) is 4. The van der Waals surface area contributed by atoms with Crippen LogP contribution in [0.5, 0.6) is 0 Å². The van der Waals surface area contributed by atoms with Gasteiger partial charge in [-0.25, -0.2) is 4.79 Å². The van der Waals surface area contributed by atoms with Gasteiger partial charge in [0.2, 0.25) is 0 Å². The van der Waals surface area contributed by atoms with Crippen molar-refractivity contribution in [2.75, 3.05) is 0 Å². The Hall–Kier alpha value is -1.82. The molecule has 6 heteroatoms. The molecule has 2 heterocycles. The van der Waals surface area contributed by atoms with Crippen LogP contribution in [0.2, 0.25) is 0 Å². The first-order valence-electron chi connectivity index (χ1n) is 7.11. The van der Waals surface area contributed by atoms with Gasteiger partial charge in [-0.05, 0) is 31.7 Å². The summed E-state index contributed by atoms with van der Waals surface area (Å²) in [5.74, 6) is 0.746. The number of carbonyl (C=O) groups excluding carboxylic acids is 1. The molecule has 2 N–H and O–H groups in total. The van der Waals surface area contributed by atoms with E-state index in [1.54, 1.807) is 11.3 Å². The second kappa shape index (κ2) is 7.26. The molecule has 21 heavy (non-hydrogen) atoms. The van der Waals surface area contributed by atoms with Crippen LogP contribution >= 0.6 is 11.3 Å². The van der Waals surface area contributed by atoms with Crippen molar-refractivity contribution in [3.63, 3.8) is 0 Å². The molecule has 0 spiro atoms. The fourth-order valence-corrected chi connectivity index (χ4v) is 3.01. The van der Waals surface area contributed by atoms with Gasteiger partial charge in [0, 0.05) is 17.0 Å². The van der Waals surface area contributed by atoms with Gasteiger partial charge in [-0.15, -0.1) is 11.3 Å². The van der Waals surface area contributed by atoms with E-state index in [2.05, 4.69) is 28.8 Å². The monoisotopic (exact) mass is 307 g/mol. The highest BCUT2D eigenvalue weighted by atomic mass is 32.1. The number of hydrogen-bond donors (Lipinski definition) is 2. The topological polar surface area (TPSA) is 67.2 Å². The van der Waals surface area contributed by atoms with Gasteiger partial charge in [-0.1, -0.05) is 24.6 Å². The molecule has 1 unspecified atom stereocenters. The van der Waals surface area contributed by atoms with E-state index in [1.807, 2.05) is 25.3 Å². The molecular weight excluding hydrogens is 286 g/mol. The van der Waals surface area contributed by atoms with Crippen molar-refractivity contribution in [3.05, 3.63) is 39.4 Å². The lowest BCUT2D eigenvalue weighted by molar-refractivity contribution is 0.236. The highest BCUT2D eigenvalue weighted by molar-refractivity contribution is 7.10. The molecule has 0 saturated heterocycles. The third-order valence-electron chi connectivity index (χ3n) is 3.38. The molecule has 5 nitrogen and oxygen atoms in total. The third-order valence-corrected chi connectivity index (χ3v) is 4.36. The first-order chi connectivity index (χ1) is 10.1. The van der Waals surface area contributed by atoms with E-state index < -0.39 is 0 Å². The Balaban J connectivity index is 1.91. The smallest absolute Gasteiger partial charge is 0.315 e. The zero-order valence-electron chi connectivity index (χ0n) is 12.6. The second-order valence-electron chi connectivity index (χ2n) is 4.99. The summed E-state index contributed by atoms with van der Waals surface area (Å²) in [5, 5.41) is 11.8. The number of rotatable bonds is 6. The molecule has 2 rings (SSSR count). The van der Waals surface area contributed by atoms with E-state index in [1.165, 1.54) is 4.88 Å². The second-order valence-corrected chi connectivity index (χ2v) is 5.97. The van der Waals surface area contributed by atoms with E-state index >= 15 is 0 Å². The standard InChI is InChI=1S/C15H21N3O2S/c1-4-6-13(14-7-5-8-21-14)17-15(19)16-9-12-10(2)18-20-11(12)3/h5,7-8,13H,4,6,9H2,1-3H3,(H2,16,17,19). The van der Waals surface area contributed by atoms with Crippen molar-refractivity contribution in [2.24, 2.45) is 0 Å². The van der Waals surface area contributed by atoms with Crippen molar-refractivity contribution < 1.29 is 9.32 Å². The summed E-state index contributed by atoms with van der Waals surface area (Å²) >= 11 is 1.67. The number of nitrogens with zero attached hydrogens (tertiary/aromatic N) is 1.